The van der Waals surface area contributed by atoms with Crippen LogP contribution in [0.3, 0.4) is 0 Å². The number of carbonyl (C=O) groups is 2. The van der Waals surface area contributed by atoms with Crippen molar-refractivity contribution in [2.24, 2.45) is 5.92 Å². The molecule has 234 valence electrons. The minimum absolute atomic E-state index is 0.0774. The number of amides is 2. The van der Waals surface area contributed by atoms with E-state index in [2.05, 4.69) is 39.8 Å². The van der Waals surface area contributed by atoms with Crippen LogP contribution in [0.15, 0.2) is 30.3 Å². The average Bonchev–Trinajstić information content (AvgIpc) is 3.73. The molecule has 0 spiro atoms. The minimum Gasteiger partial charge on any atom is -0.351 e. The van der Waals surface area contributed by atoms with Crippen LogP contribution in [0.2, 0.25) is 0 Å². The number of thioether (sulfide) groups is 2. The molecule has 42 heavy (non-hydrogen) atoms. The smallest absolute Gasteiger partial charge is 0.243 e. The summed E-state index contributed by atoms with van der Waals surface area (Å²) >= 11 is 3.23. The molecule has 2 unspecified atom stereocenters. The number of rotatable bonds is 12. The van der Waals surface area contributed by atoms with E-state index in [1.807, 2.05) is 6.07 Å². The van der Waals surface area contributed by atoms with Gasteiger partial charge in [0.1, 0.15) is 12.1 Å². The van der Waals surface area contributed by atoms with Gasteiger partial charge in [-0.15, -0.1) is 11.8 Å². The lowest BCUT2D eigenvalue weighted by atomic mass is 9.91. The number of piperidine rings is 1. The number of sulfonamides is 1. The van der Waals surface area contributed by atoms with Crippen molar-refractivity contribution >= 4 is 45.4 Å². The number of hydrogen-bond acceptors (Lipinski definition) is 7. The Hall–Kier alpha value is -1.27. The summed E-state index contributed by atoms with van der Waals surface area (Å²) in [6.45, 7) is 2.75. The third-order valence-electron chi connectivity index (χ3n) is 9.37. The zero-order valence-electron chi connectivity index (χ0n) is 24.8. The highest BCUT2D eigenvalue weighted by molar-refractivity contribution is 8.00. The van der Waals surface area contributed by atoms with Gasteiger partial charge in [0, 0.05) is 37.2 Å². The fourth-order valence-electron chi connectivity index (χ4n) is 6.80. The summed E-state index contributed by atoms with van der Waals surface area (Å²) in [5.74, 6) is 2.45. The summed E-state index contributed by atoms with van der Waals surface area (Å²) in [6, 6.07) is 9.12. The summed E-state index contributed by atoms with van der Waals surface area (Å²) in [4.78, 5) is 29.6. The lowest BCUT2D eigenvalue weighted by Gasteiger charge is -2.33. The molecule has 11 heteroatoms. The predicted molar refractivity (Wildman–Crippen MR) is 173 cm³/mol. The van der Waals surface area contributed by atoms with E-state index < -0.39 is 22.1 Å². The van der Waals surface area contributed by atoms with Crippen molar-refractivity contribution in [3.63, 3.8) is 0 Å². The topological polar surface area (TPSA) is 98.8 Å². The van der Waals surface area contributed by atoms with Crippen LogP contribution in [0.4, 0.5) is 0 Å². The predicted octanol–water partition coefficient (Wildman–Crippen LogP) is 4.21. The first kappa shape index (κ1) is 32.1. The zero-order chi connectivity index (χ0) is 29.4. The molecule has 0 radical (unpaired) electrons. The van der Waals surface area contributed by atoms with Gasteiger partial charge in [0.15, 0.2) is 0 Å². The number of nitrogens with one attached hydrogen (secondary N) is 2. The second kappa shape index (κ2) is 15.6. The third-order valence-corrected chi connectivity index (χ3v) is 14.2. The van der Waals surface area contributed by atoms with Crippen molar-refractivity contribution < 1.29 is 18.0 Å². The van der Waals surface area contributed by atoms with Crippen molar-refractivity contribution in [3.8, 4) is 0 Å². The fraction of sp³-hybridized carbons (Fsp3) is 0.742. The van der Waals surface area contributed by atoms with Gasteiger partial charge in [0.2, 0.25) is 21.8 Å². The summed E-state index contributed by atoms with van der Waals surface area (Å²) in [7, 11) is -3.53. The van der Waals surface area contributed by atoms with Crippen molar-refractivity contribution in [2.45, 2.75) is 101 Å². The summed E-state index contributed by atoms with van der Waals surface area (Å²) in [5, 5.41) is 5.88. The van der Waals surface area contributed by atoms with Crippen LogP contribution in [-0.2, 0) is 26.2 Å². The molecule has 1 aromatic rings. The Morgan fingerprint density at radius 1 is 0.952 bits per heavy atom. The van der Waals surface area contributed by atoms with Crippen LogP contribution < -0.4 is 10.6 Å². The molecule has 4 fully saturated rings. The highest BCUT2D eigenvalue weighted by Crippen LogP contribution is 2.33. The maximum absolute atomic E-state index is 13.6. The van der Waals surface area contributed by atoms with Gasteiger partial charge in [-0.1, -0.05) is 62.4 Å². The SMILES string of the molecule is O=C(NC1CCN(Cc2ccccc2)CC1)C(CSCC1CCCCC1)NC(=O)C1CSCN1S(=O)(=O)C1CCCC1. The van der Waals surface area contributed by atoms with Crippen molar-refractivity contribution in [2.75, 3.05) is 36.2 Å². The van der Waals surface area contributed by atoms with Crippen molar-refractivity contribution in [1.29, 1.82) is 0 Å². The molecule has 2 heterocycles. The third kappa shape index (κ3) is 8.67. The number of nitrogens with zero attached hydrogens (tertiary/aromatic N) is 2. The van der Waals surface area contributed by atoms with Crippen LogP contribution in [0.1, 0.15) is 76.2 Å². The van der Waals surface area contributed by atoms with E-state index in [4.69, 9.17) is 0 Å². The molecule has 2 atom stereocenters. The fourth-order valence-corrected chi connectivity index (χ4v) is 11.8. The van der Waals surface area contributed by atoms with Gasteiger partial charge in [-0.05, 0) is 55.8 Å². The standard InChI is InChI=1S/C31H48N4O4S3/c36-30(32-26-15-17-34(18-16-26)19-24-9-3-1-4-10-24)28(21-40-20-25-11-5-2-6-12-25)33-31(37)29-22-41-23-35(29)42(38,39)27-13-7-8-14-27/h1,3-4,9-10,25-29H,2,5-8,11-23H2,(H,32,36)(H,33,37). The lowest BCUT2D eigenvalue weighted by molar-refractivity contribution is -0.130. The van der Waals surface area contributed by atoms with Crippen LogP contribution in [0, 0.1) is 5.92 Å². The van der Waals surface area contributed by atoms with E-state index in [0.29, 0.717) is 36.1 Å². The molecule has 0 aromatic heterocycles. The Morgan fingerprint density at radius 3 is 2.36 bits per heavy atom. The Labute approximate surface area is 260 Å². The first-order valence-corrected chi connectivity index (χ1v) is 19.7. The van der Waals surface area contributed by atoms with E-state index in [1.165, 1.54) is 53.7 Å². The van der Waals surface area contributed by atoms with Gasteiger partial charge < -0.3 is 10.6 Å². The van der Waals surface area contributed by atoms with Gasteiger partial charge in [-0.3, -0.25) is 14.5 Å². The van der Waals surface area contributed by atoms with Crippen LogP contribution in [0.5, 0.6) is 0 Å². The van der Waals surface area contributed by atoms with Gasteiger partial charge in [-0.25, -0.2) is 8.42 Å². The molecule has 2 aliphatic heterocycles. The van der Waals surface area contributed by atoms with Crippen LogP contribution >= 0.6 is 23.5 Å². The number of likely N-dealkylation sites (tertiary alicyclic amines) is 1. The highest BCUT2D eigenvalue weighted by atomic mass is 32.2. The van der Waals surface area contributed by atoms with Gasteiger partial charge in [-0.2, -0.15) is 16.1 Å². The molecule has 2 amide bonds. The summed E-state index contributed by atoms with van der Waals surface area (Å²) in [6.07, 6.45) is 11.3. The molecule has 4 aliphatic rings. The van der Waals surface area contributed by atoms with E-state index in [-0.39, 0.29) is 23.1 Å². The molecule has 2 saturated carbocycles. The Bertz CT molecular complexity index is 1120. The molecule has 2 N–H and O–H groups in total. The number of benzene rings is 1. The Balaban J connectivity index is 1.17. The average molecular weight is 637 g/mol. The molecule has 8 nitrogen and oxygen atoms in total. The minimum atomic E-state index is -3.53. The molecule has 2 aliphatic carbocycles. The molecule has 2 saturated heterocycles. The first-order chi connectivity index (χ1) is 20.4. The highest BCUT2D eigenvalue weighted by Gasteiger charge is 2.44. The molecule has 1 aromatic carbocycles. The van der Waals surface area contributed by atoms with Gasteiger partial charge >= 0.3 is 0 Å². The van der Waals surface area contributed by atoms with E-state index in [1.54, 1.807) is 11.8 Å². The maximum Gasteiger partial charge on any atom is 0.243 e. The quantitative estimate of drug-likeness (QED) is 0.355. The zero-order valence-corrected chi connectivity index (χ0v) is 27.2. The lowest BCUT2D eigenvalue weighted by Crippen LogP contribution is -2.57. The van der Waals surface area contributed by atoms with Crippen LogP contribution in [0.25, 0.3) is 0 Å². The summed E-state index contributed by atoms with van der Waals surface area (Å²) in [5.41, 5.74) is 1.30. The normalized spacial score (nSPS) is 24.5. The second-order valence-electron chi connectivity index (χ2n) is 12.5. The van der Waals surface area contributed by atoms with E-state index in [9.17, 15) is 18.0 Å². The van der Waals surface area contributed by atoms with Gasteiger partial charge in [0.25, 0.3) is 0 Å². The maximum atomic E-state index is 13.6. The van der Waals surface area contributed by atoms with Gasteiger partial charge in [0.05, 0.1) is 11.1 Å². The molecule has 5 rings (SSSR count). The van der Waals surface area contributed by atoms with Crippen molar-refractivity contribution in [3.05, 3.63) is 35.9 Å². The monoisotopic (exact) mass is 636 g/mol. The first-order valence-electron chi connectivity index (χ1n) is 15.9. The van der Waals surface area contributed by atoms with E-state index in [0.717, 1.165) is 51.1 Å². The van der Waals surface area contributed by atoms with Crippen molar-refractivity contribution in [1.82, 2.24) is 19.8 Å². The molecular formula is C31H48N4O4S3. The number of hydrogen-bond donors (Lipinski definition) is 2. The Kier molecular flexibility index (Phi) is 12.0. The summed E-state index contributed by atoms with van der Waals surface area (Å²) < 4.78 is 28.1. The van der Waals surface area contributed by atoms with Crippen LogP contribution in [-0.4, -0.2) is 89.0 Å². The number of carbonyl (C=O) groups excluding carboxylic acids is 2. The van der Waals surface area contributed by atoms with E-state index >= 15 is 0 Å². The second-order valence-corrected chi connectivity index (χ2v) is 16.7. The Morgan fingerprint density at radius 2 is 1.64 bits per heavy atom. The largest absolute Gasteiger partial charge is 0.351 e. The molecular weight excluding hydrogens is 589 g/mol. The molecule has 0 bridgehead atoms.